The van der Waals surface area contributed by atoms with Gasteiger partial charge in [-0.15, -0.1) is 0 Å². The third-order valence-electron chi connectivity index (χ3n) is 1.01. The van der Waals surface area contributed by atoms with Crippen LogP contribution in [0.2, 0.25) is 0 Å². The zero-order valence-corrected chi connectivity index (χ0v) is 6.55. The maximum absolute atomic E-state index is 10.7. The van der Waals surface area contributed by atoms with Crippen LogP contribution in [-0.4, -0.2) is 24.5 Å². The van der Waals surface area contributed by atoms with Gasteiger partial charge in [-0.3, -0.25) is 4.79 Å². The Balaban J connectivity index is 2.69. The number of ether oxygens (including phenoxy) is 1. The smallest absolute Gasteiger partial charge is 0.331 e. The van der Waals surface area contributed by atoms with Crippen molar-refractivity contribution in [3.63, 3.8) is 0 Å². The minimum atomic E-state index is -0.536. The summed E-state index contributed by atoms with van der Waals surface area (Å²) in [4.78, 5) is 25.1. The molecule has 58 valence electrons. The number of hydrogen-bond acceptors (Lipinski definition) is 4. The third kappa shape index (κ3) is 1.91. The molecule has 0 saturated carbocycles. The highest BCUT2D eigenvalue weighted by Crippen LogP contribution is 2.20. The first-order valence-corrected chi connectivity index (χ1v) is 3.65. The molecule has 1 rings (SSSR count). The van der Waals surface area contributed by atoms with Gasteiger partial charge in [-0.05, 0) is 0 Å². The molecule has 0 aromatic heterocycles. The predicted octanol–water partition coefficient (Wildman–Crippen LogP) is 0.345. The lowest BCUT2D eigenvalue weighted by molar-refractivity contribution is -0.135. The first-order chi connectivity index (χ1) is 5.24. The SMILES string of the molecule is COC(=O)/C=C1\SC=NC1=O. The summed E-state index contributed by atoms with van der Waals surface area (Å²) in [6.45, 7) is 0. The van der Waals surface area contributed by atoms with Gasteiger partial charge in [-0.25, -0.2) is 9.79 Å². The largest absolute Gasteiger partial charge is 0.466 e. The normalized spacial score (nSPS) is 19.4. The van der Waals surface area contributed by atoms with Crippen molar-refractivity contribution in [2.24, 2.45) is 4.99 Å². The first-order valence-electron chi connectivity index (χ1n) is 2.77. The van der Waals surface area contributed by atoms with Crippen LogP contribution in [0.1, 0.15) is 0 Å². The number of nitrogens with zero attached hydrogens (tertiary/aromatic N) is 1. The van der Waals surface area contributed by atoms with Crippen LogP contribution in [0.4, 0.5) is 0 Å². The van der Waals surface area contributed by atoms with Crippen molar-refractivity contribution in [3.8, 4) is 0 Å². The lowest BCUT2D eigenvalue weighted by atomic mass is 10.5. The Labute approximate surface area is 67.3 Å². The lowest BCUT2D eigenvalue weighted by Crippen LogP contribution is -1.98. The number of aliphatic imine (C=N–C) groups is 1. The third-order valence-corrected chi connectivity index (χ3v) is 1.77. The van der Waals surface area contributed by atoms with E-state index in [4.69, 9.17) is 0 Å². The van der Waals surface area contributed by atoms with E-state index in [1.807, 2.05) is 0 Å². The summed E-state index contributed by atoms with van der Waals surface area (Å²) in [6.07, 6.45) is 1.12. The van der Waals surface area contributed by atoms with Crippen molar-refractivity contribution in [2.75, 3.05) is 7.11 Å². The Hall–Kier alpha value is -1.10. The highest BCUT2D eigenvalue weighted by atomic mass is 32.2. The molecule has 0 aliphatic carbocycles. The van der Waals surface area contributed by atoms with Crippen LogP contribution in [0, 0.1) is 0 Å². The highest BCUT2D eigenvalue weighted by Gasteiger charge is 2.14. The van der Waals surface area contributed by atoms with Gasteiger partial charge in [0.05, 0.1) is 17.6 Å². The number of carbonyl (C=O) groups excluding carboxylic acids is 2. The monoisotopic (exact) mass is 171 g/mol. The van der Waals surface area contributed by atoms with Crippen molar-refractivity contribution in [1.29, 1.82) is 0 Å². The second-order valence-electron chi connectivity index (χ2n) is 1.69. The van der Waals surface area contributed by atoms with E-state index in [9.17, 15) is 9.59 Å². The van der Waals surface area contributed by atoms with E-state index < -0.39 is 5.97 Å². The van der Waals surface area contributed by atoms with Crippen LogP contribution >= 0.6 is 11.8 Å². The molecule has 5 heteroatoms. The molecule has 0 N–H and O–H groups in total. The van der Waals surface area contributed by atoms with Gasteiger partial charge in [0.2, 0.25) is 0 Å². The van der Waals surface area contributed by atoms with Gasteiger partial charge in [0.15, 0.2) is 0 Å². The summed E-state index contributed by atoms with van der Waals surface area (Å²) >= 11 is 1.11. The zero-order valence-electron chi connectivity index (χ0n) is 5.73. The molecule has 0 radical (unpaired) electrons. The Morgan fingerprint density at radius 3 is 3.00 bits per heavy atom. The second-order valence-corrected chi connectivity index (χ2v) is 2.58. The van der Waals surface area contributed by atoms with Crippen LogP contribution in [0.15, 0.2) is 16.0 Å². The van der Waals surface area contributed by atoms with E-state index in [2.05, 4.69) is 9.73 Å². The number of rotatable bonds is 1. The molecule has 0 atom stereocenters. The van der Waals surface area contributed by atoms with Gasteiger partial charge in [0, 0.05) is 6.08 Å². The summed E-state index contributed by atoms with van der Waals surface area (Å²) in [5, 5.41) is 0. The standard InChI is InChI=1S/C6H5NO3S/c1-10-5(8)2-4-6(9)7-3-11-4/h2-3H,1H3/b4-2-. The molecule has 0 unspecified atom stereocenters. The summed E-state index contributed by atoms with van der Waals surface area (Å²) in [5.41, 5.74) is 1.39. The second kappa shape index (κ2) is 3.34. The summed E-state index contributed by atoms with van der Waals surface area (Å²) in [5.74, 6) is -0.924. The number of amides is 1. The van der Waals surface area contributed by atoms with Crippen LogP contribution in [0.5, 0.6) is 0 Å². The van der Waals surface area contributed by atoms with Gasteiger partial charge in [0.1, 0.15) is 0 Å². The van der Waals surface area contributed by atoms with Crippen LogP contribution in [0.3, 0.4) is 0 Å². The van der Waals surface area contributed by atoms with E-state index in [-0.39, 0.29) is 5.91 Å². The van der Waals surface area contributed by atoms with Crippen LogP contribution in [0.25, 0.3) is 0 Å². The molecule has 1 aliphatic heterocycles. The van der Waals surface area contributed by atoms with Gasteiger partial charge in [-0.1, -0.05) is 11.8 Å². The number of esters is 1. The fourth-order valence-corrected chi connectivity index (χ4v) is 1.09. The quantitative estimate of drug-likeness (QED) is 0.422. The molecule has 4 nitrogen and oxygen atoms in total. The Bertz CT molecular complexity index is 257. The van der Waals surface area contributed by atoms with Gasteiger partial charge in [0.25, 0.3) is 5.91 Å². The maximum Gasteiger partial charge on any atom is 0.331 e. The first kappa shape index (κ1) is 8.00. The summed E-state index contributed by atoms with van der Waals surface area (Å²) in [7, 11) is 1.25. The van der Waals surface area contributed by atoms with Crippen molar-refractivity contribution in [2.45, 2.75) is 0 Å². The molecule has 1 heterocycles. The minimum absolute atomic E-state index is 0.303. The van der Waals surface area contributed by atoms with E-state index in [0.717, 1.165) is 17.8 Å². The van der Waals surface area contributed by atoms with E-state index in [1.54, 1.807) is 0 Å². The van der Waals surface area contributed by atoms with Gasteiger partial charge < -0.3 is 4.74 Å². The topological polar surface area (TPSA) is 55.7 Å². The van der Waals surface area contributed by atoms with Gasteiger partial charge in [-0.2, -0.15) is 0 Å². The van der Waals surface area contributed by atoms with Gasteiger partial charge >= 0.3 is 5.97 Å². The number of hydrogen-bond donors (Lipinski definition) is 0. The summed E-state index contributed by atoms with van der Waals surface area (Å²) in [6, 6.07) is 0. The average molecular weight is 171 g/mol. The Kier molecular flexibility index (Phi) is 2.43. The van der Waals surface area contributed by atoms with Crippen LogP contribution < -0.4 is 0 Å². The van der Waals surface area contributed by atoms with Crippen molar-refractivity contribution < 1.29 is 14.3 Å². The zero-order chi connectivity index (χ0) is 8.27. The highest BCUT2D eigenvalue weighted by molar-refractivity contribution is 8.16. The molecular weight excluding hydrogens is 166 g/mol. The molecule has 1 amide bonds. The Morgan fingerprint density at radius 2 is 2.55 bits per heavy atom. The summed E-state index contributed by atoms with van der Waals surface area (Å²) < 4.78 is 4.32. The molecule has 11 heavy (non-hydrogen) atoms. The molecule has 0 aromatic rings. The van der Waals surface area contributed by atoms with E-state index in [0.29, 0.717) is 4.91 Å². The number of carbonyl (C=O) groups is 2. The van der Waals surface area contributed by atoms with Crippen molar-refractivity contribution >= 4 is 29.2 Å². The molecule has 1 aliphatic rings. The maximum atomic E-state index is 10.7. The van der Waals surface area contributed by atoms with E-state index in [1.165, 1.54) is 12.7 Å². The van der Waals surface area contributed by atoms with E-state index >= 15 is 0 Å². The predicted molar refractivity (Wildman–Crippen MR) is 41.2 cm³/mol. The molecule has 0 spiro atoms. The Morgan fingerprint density at radius 1 is 1.82 bits per heavy atom. The number of thioether (sulfide) groups is 1. The fourth-order valence-electron chi connectivity index (χ4n) is 0.507. The van der Waals surface area contributed by atoms with Crippen molar-refractivity contribution in [1.82, 2.24) is 0 Å². The molecule has 0 bridgehead atoms. The molecule has 0 saturated heterocycles. The number of methoxy groups -OCH3 is 1. The molecular formula is C6H5NO3S. The molecule has 0 aromatic carbocycles. The molecule has 0 fully saturated rings. The minimum Gasteiger partial charge on any atom is -0.466 e. The average Bonchev–Trinajstić information content (AvgIpc) is 2.37. The van der Waals surface area contributed by atoms with Crippen LogP contribution in [-0.2, 0) is 14.3 Å². The fraction of sp³-hybridized carbons (Fsp3) is 0.167. The van der Waals surface area contributed by atoms with Crippen molar-refractivity contribution in [3.05, 3.63) is 11.0 Å². The lowest BCUT2D eigenvalue weighted by Gasteiger charge is -1.90.